The van der Waals surface area contributed by atoms with Crippen molar-refractivity contribution in [3.63, 3.8) is 0 Å². The van der Waals surface area contributed by atoms with Gasteiger partial charge in [-0.2, -0.15) is 0 Å². The highest BCUT2D eigenvalue weighted by atomic mass is 79.9. The predicted octanol–water partition coefficient (Wildman–Crippen LogP) is 4.05. The number of aliphatic carboxylic acids is 1. The van der Waals surface area contributed by atoms with Crippen LogP contribution in [0.5, 0.6) is 0 Å². The fourth-order valence-electron chi connectivity index (χ4n) is 1.87. The molecule has 0 saturated carbocycles. The van der Waals surface area contributed by atoms with Crippen LogP contribution < -0.4 is 5.32 Å². The van der Waals surface area contributed by atoms with Crippen molar-refractivity contribution in [1.29, 1.82) is 0 Å². The normalized spacial score (nSPS) is 11.2. The third-order valence-corrected chi connectivity index (χ3v) is 3.95. The van der Waals surface area contributed by atoms with Gasteiger partial charge in [-0.1, -0.05) is 13.8 Å². The van der Waals surface area contributed by atoms with Gasteiger partial charge in [0, 0.05) is 35.3 Å². The van der Waals surface area contributed by atoms with Crippen molar-refractivity contribution in [3.05, 3.63) is 32.8 Å². The first-order chi connectivity index (χ1) is 9.71. The lowest BCUT2D eigenvalue weighted by Gasteiger charge is -2.24. The molecular formula is C14H19BrN2O4. The fourth-order valence-corrected chi connectivity index (χ4v) is 2.37. The number of anilines is 1. The van der Waals surface area contributed by atoms with Gasteiger partial charge in [0.15, 0.2) is 0 Å². The number of carboxylic acid groups (broad SMARTS) is 1. The SMILES string of the molecule is CC(C)(CCNc1ccc([N+](=O)[O-])cc1Br)CCC(=O)O. The molecule has 0 fully saturated rings. The first-order valence-electron chi connectivity index (χ1n) is 6.61. The minimum absolute atomic E-state index is 0.0363. The van der Waals surface area contributed by atoms with Crippen molar-refractivity contribution in [3.8, 4) is 0 Å². The smallest absolute Gasteiger partial charge is 0.303 e. The second-order valence-corrected chi connectivity index (χ2v) is 6.51. The van der Waals surface area contributed by atoms with Gasteiger partial charge >= 0.3 is 5.97 Å². The maximum Gasteiger partial charge on any atom is 0.303 e. The lowest BCUT2D eigenvalue weighted by Crippen LogP contribution is -2.18. The molecule has 1 aromatic carbocycles. The number of carboxylic acids is 1. The van der Waals surface area contributed by atoms with E-state index in [2.05, 4.69) is 21.2 Å². The summed E-state index contributed by atoms with van der Waals surface area (Å²) in [6.07, 6.45) is 1.59. The summed E-state index contributed by atoms with van der Waals surface area (Å²) in [4.78, 5) is 20.8. The summed E-state index contributed by atoms with van der Waals surface area (Å²) in [5.74, 6) is -0.783. The van der Waals surface area contributed by atoms with Gasteiger partial charge in [-0.25, -0.2) is 0 Å². The second-order valence-electron chi connectivity index (χ2n) is 5.66. The molecule has 0 radical (unpaired) electrons. The third kappa shape index (κ3) is 6.12. The second kappa shape index (κ2) is 7.40. The van der Waals surface area contributed by atoms with E-state index in [-0.39, 0.29) is 17.5 Å². The van der Waals surface area contributed by atoms with Gasteiger partial charge in [0.2, 0.25) is 0 Å². The van der Waals surface area contributed by atoms with E-state index in [1.54, 1.807) is 6.07 Å². The van der Waals surface area contributed by atoms with E-state index in [0.717, 1.165) is 12.1 Å². The van der Waals surface area contributed by atoms with Crippen LogP contribution in [0.15, 0.2) is 22.7 Å². The van der Waals surface area contributed by atoms with Crippen LogP contribution in [0.2, 0.25) is 0 Å². The van der Waals surface area contributed by atoms with E-state index >= 15 is 0 Å². The van der Waals surface area contributed by atoms with Gasteiger partial charge in [0.05, 0.1) is 4.92 Å². The van der Waals surface area contributed by atoms with Gasteiger partial charge in [0.25, 0.3) is 5.69 Å². The van der Waals surface area contributed by atoms with Gasteiger partial charge in [-0.3, -0.25) is 14.9 Å². The molecule has 0 aliphatic carbocycles. The molecule has 0 aromatic heterocycles. The topological polar surface area (TPSA) is 92.5 Å². The number of rotatable bonds is 8. The average Bonchev–Trinajstić information content (AvgIpc) is 2.38. The number of nitro groups is 1. The molecule has 7 heteroatoms. The van der Waals surface area contributed by atoms with Crippen LogP contribution in [-0.4, -0.2) is 22.5 Å². The standard InChI is InChI=1S/C14H19BrN2O4/c1-14(2,6-5-13(18)19)7-8-16-12-4-3-10(17(20)21)9-11(12)15/h3-4,9,16H,5-8H2,1-2H3,(H,18,19). The van der Waals surface area contributed by atoms with Gasteiger partial charge in [-0.15, -0.1) is 0 Å². The predicted molar refractivity (Wildman–Crippen MR) is 84.6 cm³/mol. The molecule has 0 aliphatic heterocycles. The van der Waals surface area contributed by atoms with Crippen LogP contribution in [0.1, 0.15) is 33.1 Å². The summed E-state index contributed by atoms with van der Waals surface area (Å²) in [6, 6.07) is 4.56. The molecule has 0 atom stereocenters. The zero-order chi connectivity index (χ0) is 16.0. The fraction of sp³-hybridized carbons (Fsp3) is 0.500. The van der Waals surface area contributed by atoms with Crippen molar-refractivity contribution in [2.45, 2.75) is 33.1 Å². The van der Waals surface area contributed by atoms with Crippen LogP contribution in [0.25, 0.3) is 0 Å². The highest BCUT2D eigenvalue weighted by Crippen LogP contribution is 2.29. The Balaban J connectivity index is 2.52. The number of hydrogen-bond donors (Lipinski definition) is 2. The molecule has 0 heterocycles. The molecule has 2 N–H and O–H groups in total. The van der Waals surface area contributed by atoms with E-state index in [1.165, 1.54) is 12.1 Å². The van der Waals surface area contributed by atoms with Crippen molar-refractivity contribution >= 4 is 33.3 Å². The quantitative estimate of drug-likeness (QED) is 0.540. The summed E-state index contributed by atoms with van der Waals surface area (Å²) in [7, 11) is 0. The summed E-state index contributed by atoms with van der Waals surface area (Å²) in [5.41, 5.74) is 0.752. The molecule has 0 saturated heterocycles. The molecule has 0 aliphatic rings. The zero-order valence-electron chi connectivity index (χ0n) is 12.1. The first kappa shape index (κ1) is 17.4. The van der Waals surface area contributed by atoms with Crippen LogP contribution in [-0.2, 0) is 4.79 Å². The number of carbonyl (C=O) groups is 1. The number of nitro benzene ring substituents is 1. The Morgan fingerprint density at radius 2 is 2.10 bits per heavy atom. The molecule has 0 bridgehead atoms. The Hall–Kier alpha value is -1.63. The number of benzene rings is 1. The number of nitrogens with one attached hydrogen (secondary N) is 1. The Labute approximate surface area is 131 Å². The van der Waals surface area contributed by atoms with Crippen LogP contribution in [0.3, 0.4) is 0 Å². The molecular weight excluding hydrogens is 340 g/mol. The Bertz CT molecular complexity index is 532. The summed E-state index contributed by atoms with van der Waals surface area (Å²) < 4.78 is 0.639. The Morgan fingerprint density at radius 3 is 2.62 bits per heavy atom. The van der Waals surface area contributed by atoms with Crippen molar-refractivity contribution < 1.29 is 14.8 Å². The molecule has 1 rings (SSSR count). The third-order valence-electron chi connectivity index (χ3n) is 3.30. The molecule has 0 unspecified atom stereocenters. The molecule has 1 aromatic rings. The van der Waals surface area contributed by atoms with Crippen LogP contribution >= 0.6 is 15.9 Å². The molecule has 6 nitrogen and oxygen atoms in total. The van der Waals surface area contributed by atoms with Crippen molar-refractivity contribution in [2.75, 3.05) is 11.9 Å². The zero-order valence-corrected chi connectivity index (χ0v) is 13.6. The van der Waals surface area contributed by atoms with E-state index in [9.17, 15) is 14.9 Å². The maximum absolute atomic E-state index is 10.7. The molecule has 116 valence electrons. The highest BCUT2D eigenvalue weighted by molar-refractivity contribution is 9.10. The van der Waals surface area contributed by atoms with E-state index in [0.29, 0.717) is 17.4 Å². The number of hydrogen-bond acceptors (Lipinski definition) is 4. The van der Waals surface area contributed by atoms with E-state index in [4.69, 9.17) is 5.11 Å². The maximum atomic E-state index is 10.7. The average molecular weight is 359 g/mol. The minimum Gasteiger partial charge on any atom is -0.481 e. The van der Waals surface area contributed by atoms with Gasteiger partial charge < -0.3 is 10.4 Å². The molecule has 0 spiro atoms. The largest absolute Gasteiger partial charge is 0.481 e. The minimum atomic E-state index is -0.783. The highest BCUT2D eigenvalue weighted by Gasteiger charge is 2.19. The molecule has 21 heavy (non-hydrogen) atoms. The number of halogens is 1. The van der Waals surface area contributed by atoms with E-state index in [1.807, 2.05) is 13.8 Å². The lowest BCUT2D eigenvalue weighted by molar-refractivity contribution is -0.384. The number of non-ortho nitro benzene ring substituents is 1. The lowest BCUT2D eigenvalue weighted by atomic mass is 9.84. The summed E-state index contributed by atoms with van der Waals surface area (Å²) in [5, 5.41) is 22.6. The van der Waals surface area contributed by atoms with Gasteiger partial charge in [0.1, 0.15) is 0 Å². The van der Waals surface area contributed by atoms with Crippen molar-refractivity contribution in [2.24, 2.45) is 5.41 Å². The van der Waals surface area contributed by atoms with Gasteiger partial charge in [-0.05, 0) is 40.3 Å². The monoisotopic (exact) mass is 358 g/mol. The van der Waals surface area contributed by atoms with Crippen LogP contribution in [0, 0.1) is 15.5 Å². The molecule has 0 amide bonds. The summed E-state index contributed by atoms with van der Waals surface area (Å²) in [6.45, 7) is 4.73. The summed E-state index contributed by atoms with van der Waals surface area (Å²) >= 11 is 3.30. The van der Waals surface area contributed by atoms with Crippen molar-refractivity contribution in [1.82, 2.24) is 0 Å². The Kier molecular flexibility index (Phi) is 6.14. The van der Waals surface area contributed by atoms with Crippen LogP contribution in [0.4, 0.5) is 11.4 Å². The van der Waals surface area contributed by atoms with E-state index < -0.39 is 10.9 Å². The first-order valence-corrected chi connectivity index (χ1v) is 7.40. The Morgan fingerprint density at radius 1 is 1.43 bits per heavy atom. The number of nitrogens with zero attached hydrogens (tertiary/aromatic N) is 1.